The summed E-state index contributed by atoms with van der Waals surface area (Å²) in [6.07, 6.45) is 5.71. The number of carbonyl (C=O) groups excluding carboxylic acids is 12. The van der Waals surface area contributed by atoms with Gasteiger partial charge in [-0.1, -0.05) is 172 Å². The summed E-state index contributed by atoms with van der Waals surface area (Å²) in [6.45, 7) is 11.8. The number of ether oxygens (including phenoxy) is 2. The molecule has 0 aliphatic heterocycles. The van der Waals surface area contributed by atoms with Crippen LogP contribution >= 0.6 is 62.3 Å². The number of carbonyl (C=O) groups is 13. The molecule has 0 spiro atoms. The topological polar surface area (TPSA) is 555 Å². The number of nitrogens with zero attached hydrogens (tertiary/aromatic N) is 8. The quantitative estimate of drug-likeness (QED) is 0.00718. The first-order valence-electron chi connectivity index (χ1n) is 44.3. The average Bonchev–Trinajstić information content (AvgIpc) is 1.34. The first kappa shape index (κ1) is 122. The Morgan fingerprint density at radius 1 is 0.490 bits per heavy atom. The molecule has 4 saturated carbocycles. The smallest absolute Gasteiger partial charge is 1.00 e. The normalized spacial score (nSPS) is 16.6. The van der Waals surface area contributed by atoms with Crippen molar-refractivity contribution >= 4 is 173 Å². The number of rotatable bonds is 31. The first-order chi connectivity index (χ1) is 66.6. The molecule has 10 amide bonds. The number of primary amides is 3. The molecule has 7 aromatic carbocycles. The van der Waals surface area contributed by atoms with Crippen molar-refractivity contribution in [3.8, 4) is 0 Å². The van der Waals surface area contributed by atoms with E-state index in [0.29, 0.717) is 93.7 Å². The second-order valence-corrected chi connectivity index (χ2v) is 37.4. The standard InChI is InChI=1S/C28H32ClFN6O5.C23H24ClFN6O3.C14H18ClFN2O.C10H9BrClFO.C10H9N3O3.C9H18N2O2.CH2O3.2K.H/c1-28(2,3)41-27(40)33-17-11-18(12-17)35(14-22(37)32-13-16-7-6-9-20(29)24(16)30)23(38)15-36-21-10-5-4-8-19(21)25(34-36)26(31)39;24-17-6-3-4-13(21(17)25)10-28-19(32)11-30(15-8-14(26)9-15)20(33)12-31-18-7-2-1-5-16(18)22(29-31)23(27)34;1-9-5-11(6-9)17-8-13(19)18-7-10-3-2-4-12(15)14(10)16;11-6-8(14)5-4-7-2-1-3-9(12)10(7)13;11-10(16)9-6-3-1-2-4-7(6)13(12-9)5-8(14)15;1-9(2,3)13-8(12)11-7-4-6(10)5-7;2-1-4-3;;;/h4-10,17-18H,11-15H2,1-3H3,(H2,31,39)(H,32,37)(H,33,40);1-7,14-15H,8-12,26H2,(H2,27,34)(H,28,32);2-4,9,11,17H,5-8H2,1H3,(H,18,19);1-3H,4-6H2;1-4H,5H2,(H2,11,16)(H,14,15);6-7H,4-5,10H2,1-3H3,(H,11,12);1,3H;;;/q;;;;;;;2*+1;-1/p-1. The molecule has 0 radical (unpaired) electrons. The summed E-state index contributed by atoms with van der Waals surface area (Å²) in [7, 11) is 0. The van der Waals surface area contributed by atoms with E-state index in [9.17, 15) is 75.1 Å². The van der Waals surface area contributed by atoms with E-state index < -0.39 is 82.0 Å². The number of nitrogens with two attached hydrogens (primary N) is 5. The Kier molecular flexibility index (Phi) is 50.0. The van der Waals surface area contributed by atoms with Gasteiger partial charge in [-0.05, 0) is 153 Å². The van der Waals surface area contributed by atoms with E-state index >= 15 is 0 Å². The molecule has 0 unspecified atom stereocenters. The number of alkyl carbamates (subject to hydrolysis) is 2. The molecule has 14 rings (SSSR count). The molecule has 760 valence electrons. The van der Waals surface area contributed by atoms with Gasteiger partial charge in [0.1, 0.15) is 59.9 Å². The second-order valence-electron chi connectivity index (χ2n) is 35.2. The maximum absolute atomic E-state index is 14.3. The number of carboxylic acid groups (broad SMARTS) is 1. The van der Waals surface area contributed by atoms with Gasteiger partial charge in [0, 0.05) is 101 Å². The fourth-order valence-electron chi connectivity index (χ4n) is 14.8. The van der Waals surface area contributed by atoms with Gasteiger partial charge in [0.2, 0.25) is 29.5 Å². The molecule has 17 N–H and O–H groups in total. The van der Waals surface area contributed by atoms with E-state index in [4.69, 9.17) is 99.7 Å². The van der Waals surface area contributed by atoms with Gasteiger partial charge >= 0.3 is 121 Å². The summed E-state index contributed by atoms with van der Waals surface area (Å²) < 4.78 is 69.7. The predicted molar refractivity (Wildman–Crippen MR) is 520 cm³/mol. The fourth-order valence-corrected chi connectivity index (χ4v) is 15.8. The average molecular weight is 2180 g/mol. The fraction of sp³-hybridized carbons (Fsp3) is 0.389. The van der Waals surface area contributed by atoms with E-state index in [1.807, 2.05) is 20.8 Å². The van der Waals surface area contributed by atoms with Gasteiger partial charge in [-0.3, -0.25) is 66.8 Å². The van der Waals surface area contributed by atoms with Crippen LogP contribution in [0.25, 0.3) is 32.7 Å². The number of alkyl halides is 1. The Labute approximate surface area is 935 Å². The zero-order valence-electron chi connectivity index (χ0n) is 80.9. The molecule has 3 aromatic heterocycles. The number of ketones is 1. The number of carboxylic acids is 1. The van der Waals surface area contributed by atoms with Crippen molar-refractivity contribution in [3.63, 3.8) is 0 Å². The van der Waals surface area contributed by atoms with Gasteiger partial charge < -0.3 is 96.5 Å². The number of amides is 10. The number of aromatic nitrogens is 6. The molecule has 48 heteroatoms. The Bertz CT molecular complexity index is 6130. The van der Waals surface area contributed by atoms with Crippen molar-refractivity contribution in [2.24, 2.45) is 34.6 Å². The van der Waals surface area contributed by atoms with Crippen LogP contribution in [0.5, 0.6) is 0 Å². The Morgan fingerprint density at radius 3 is 1.13 bits per heavy atom. The third kappa shape index (κ3) is 38.6. The van der Waals surface area contributed by atoms with Crippen molar-refractivity contribution < 1.29 is 209 Å². The van der Waals surface area contributed by atoms with Gasteiger partial charge in [-0.2, -0.15) is 15.3 Å². The molecule has 0 bridgehead atoms. The van der Waals surface area contributed by atoms with Crippen LogP contribution in [0, 0.1) is 29.2 Å². The Morgan fingerprint density at radius 2 is 0.811 bits per heavy atom. The molecule has 4 fully saturated rings. The minimum absolute atomic E-state index is 0. The zero-order valence-corrected chi connectivity index (χ0v) is 90.8. The summed E-state index contributed by atoms with van der Waals surface area (Å²) >= 11 is 25.9. The van der Waals surface area contributed by atoms with Gasteiger partial charge in [0.15, 0.2) is 17.1 Å². The monoisotopic (exact) mass is 2180 g/mol. The number of Topliss-reactive ketones (excluding diaryl/α,β-unsaturated/α-hetero) is 1. The van der Waals surface area contributed by atoms with E-state index in [-0.39, 0.29) is 278 Å². The Balaban J connectivity index is 0.000000317. The molecule has 10 aromatic rings. The number of nitrogens with one attached hydrogen (secondary N) is 6. The van der Waals surface area contributed by atoms with Crippen LogP contribution in [0.1, 0.15) is 161 Å². The number of para-hydroxylation sites is 3. The molecule has 3 heterocycles. The molecule has 143 heavy (non-hydrogen) atoms. The predicted octanol–water partition coefficient (Wildman–Crippen LogP) is 4.33. The van der Waals surface area contributed by atoms with Gasteiger partial charge in [-0.15, -0.1) is 0 Å². The summed E-state index contributed by atoms with van der Waals surface area (Å²) in [5.74, 6) is -6.30. The minimum atomic E-state index is -1.02. The largest absolute Gasteiger partial charge is 1.00 e. The zero-order chi connectivity index (χ0) is 104. The molecule has 37 nitrogen and oxygen atoms in total. The van der Waals surface area contributed by atoms with Crippen molar-refractivity contribution in [3.05, 3.63) is 228 Å². The van der Waals surface area contributed by atoms with Gasteiger partial charge in [0.25, 0.3) is 24.2 Å². The van der Waals surface area contributed by atoms with Crippen molar-refractivity contribution in [1.29, 1.82) is 0 Å². The van der Waals surface area contributed by atoms with Crippen LogP contribution in [-0.4, -0.2) is 200 Å². The van der Waals surface area contributed by atoms with Crippen LogP contribution < -0.4 is 169 Å². The van der Waals surface area contributed by atoms with Gasteiger partial charge in [-0.25, -0.2) is 27.2 Å². The first-order valence-corrected chi connectivity index (χ1v) is 46.9. The van der Waals surface area contributed by atoms with Crippen molar-refractivity contribution in [1.82, 2.24) is 71.0 Å². The molecule has 0 saturated heterocycles. The van der Waals surface area contributed by atoms with Crippen LogP contribution in [0.4, 0.5) is 27.2 Å². The van der Waals surface area contributed by atoms with E-state index in [0.717, 1.165) is 31.6 Å². The second kappa shape index (κ2) is 58.6. The summed E-state index contributed by atoms with van der Waals surface area (Å²) in [5.41, 5.74) is 29.7. The van der Waals surface area contributed by atoms with Crippen LogP contribution in [0.15, 0.2) is 146 Å². The van der Waals surface area contributed by atoms with Crippen LogP contribution in [-0.2, 0) is 98.4 Å². The van der Waals surface area contributed by atoms with E-state index in [2.05, 4.69) is 74.9 Å². The molecule has 4 aliphatic carbocycles. The number of aryl methyl sites for hydroxylation is 1. The number of hydrogen-bond acceptors (Lipinski definition) is 23. The maximum Gasteiger partial charge on any atom is 1.00 e. The van der Waals surface area contributed by atoms with Gasteiger partial charge in [0.05, 0.1) is 61.6 Å². The third-order valence-corrected chi connectivity index (χ3v) is 23.7. The van der Waals surface area contributed by atoms with Crippen molar-refractivity contribution in [2.45, 2.75) is 205 Å². The number of hydrogen-bond donors (Lipinski definition) is 12. The van der Waals surface area contributed by atoms with Crippen LogP contribution in [0.3, 0.4) is 0 Å². The molecular formula is C95H112BrCl4F4K2N19O18. The number of fused-ring (bicyclic) bond motifs is 3. The molecular weight excluding hydrogens is 2070 g/mol. The summed E-state index contributed by atoms with van der Waals surface area (Å²) in [5, 5.41) is 48.2. The maximum atomic E-state index is 14.3. The number of benzene rings is 7. The van der Waals surface area contributed by atoms with Crippen LogP contribution in [0.2, 0.25) is 20.1 Å². The number of aliphatic carboxylic acids is 1. The number of halogens is 9. The minimum Gasteiger partial charge on any atom is -1.00 e. The van der Waals surface area contributed by atoms with Crippen molar-refractivity contribution in [2.75, 3.05) is 25.0 Å². The molecule has 0 atom stereocenters. The third-order valence-electron chi connectivity index (χ3n) is 21.9. The summed E-state index contributed by atoms with van der Waals surface area (Å²) in [6, 6.07) is 39.3. The SMILES string of the molecule is CC(C)(C)OC(=O)NC1CC(N(CC(=O)NCc2cccc(Cl)c2F)C(=O)Cn2nc(C(N)=O)c3ccccc32)C1.CC(C)(C)OC(=O)NC1CC(N)C1.CC1CC(NCC(=O)NCc2cccc(Cl)c2F)C1.NC(=O)c1nn(CC(=O)N(CC(=O)NCc2cccc(Cl)c2F)C2CC(N)C2)c2ccccc12.NC(=O)c1nn(CC(=O)O)c2ccccc12.O=C(CBr)CCc1cccc(Cl)c1F.O=CO[O-].[H-].[K+].[K+]. The molecule has 4 aliphatic rings. The summed E-state index contributed by atoms with van der Waals surface area (Å²) in [4.78, 5) is 158. The Hall–Kier alpha value is -9.67. The van der Waals surface area contributed by atoms with E-state index in [1.54, 1.807) is 130 Å². The van der Waals surface area contributed by atoms with E-state index in [1.165, 1.54) is 60.2 Å².